The predicted octanol–water partition coefficient (Wildman–Crippen LogP) is 0.631. The third-order valence-corrected chi connectivity index (χ3v) is 1.54. The number of H-pyrrole nitrogens is 1. The Bertz CT molecular complexity index is 384. The number of anilines is 1. The summed E-state index contributed by atoms with van der Waals surface area (Å²) in [6.45, 7) is 0. The molecule has 2 heterocycles. The first-order chi connectivity index (χ1) is 5.36. The Hall–Kier alpha value is -1.64. The fraction of sp³-hybridized carbons (Fsp3) is 0. The van der Waals surface area contributed by atoms with Gasteiger partial charge in [0.05, 0.1) is 11.6 Å². The molecule has 0 unspecified atom stereocenters. The lowest BCUT2D eigenvalue weighted by Gasteiger charge is -1.87. The maximum Gasteiger partial charge on any atom is 0.330 e. The molecule has 0 radical (unpaired) electrons. The van der Waals surface area contributed by atoms with E-state index in [1.54, 1.807) is 6.07 Å². The Morgan fingerprint density at radius 1 is 1.27 bits per heavy atom. The number of rotatable bonds is 0. The van der Waals surface area contributed by atoms with Gasteiger partial charge >= 0.3 is 5.65 Å². The molecule has 0 spiro atoms. The van der Waals surface area contributed by atoms with Crippen molar-refractivity contribution >= 4 is 16.9 Å². The van der Waals surface area contributed by atoms with Crippen LogP contribution >= 0.6 is 0 Å². The highest BCUT2D eigenvalue weighted by Crippen LogP contribution is 2.06. The molecule has 0 aromatic carbocycles. The van der Waals surface area contributed by atoms with Gasteiger partial charge in [0.25, 0.3) is 0 Å². The lowest BCUT2D eigenvalue weighted by Crippen LogP contribution is -2.04. The molecule has 0 aliphatic rings. The van der Waals surface area contributed by atoms with Crippen LogP contribution in [0.1, 0.15) is 0 Å². The average Bonchev–Trinajstić information content (AvgIpc) is 2.04. The number of nitrogens with two attached hydrogens (primary N) is 1. The number of hydrogen-bond acceptors (Lipinski definition) is 2. The topological polar surface area (TPSA) is 53.0 Å². The number of nitrogen functional groups attached to an aromatic ring is 1. The normalized spacial score (nSPS) is 10.2. The van der Waals surface area contributed by atoms with Crippen molar-refractivity contribution < 1.29 is 4.98 Å². The highest BCUT2D eigenvalue weighted by atomic mass is 14.9. The van der Waals surface area contributed by atoms with Crippen LogP contribution in [-0.4, -0.2) is 4.98 Å². The fourth-order valence-corrected chi connectivity index (χ4v) is 1.01. The summed E-state index contributed by atoms with van der Waals surface area (Å²) < 4.78 is 0. The molecular weight excluding hydrogens is 138 g/mol. The Morgan fingerprint density at radius 3 is 3.09 bits per heavy atom. The molecule has 0 fully saturated rings. The second kappa shape index (κ2) is 2.20. The van der Waals surface area contributed by atoms with Gasteiger partial charge in [0, 0.05) is 6.07 Å². The quantitative estimate of drug-likeness (QED) is 0.592. The number of hydrogen-bond donors (Lipinski definition) is 1. The summed E-state index contributed by atoms with van der Waals surface area (Å²) in [6, 6.07) is 7.64. The number of fused-ring (bicyclic) bond motifs is 1. The van der Waals surface area contributed by atoms with Gasteiger partial charge in [-0.15, -0.1) is 0 Å². The van der Waals surface area contributed by atoms with E-state index < -0.39 is 0 Å². The predicted molar refractivity (Wildman–Crippen MR) is 42.7 cm³/mol. The van der Waals surface area contributed by atoms with Crippen LogP contribution < -0.4 is 10.7 Å². The van der Waals surface area contributed by atoms with Crippen molar-refractivity contribution in [2.75, 3.05) is 5.73 Å². The monoisotopic (exact) mass is 146 g/mol. The molecule has 11 heavy (non-hydrogen) atoms. The molecule has 0 bridgehead atoms. The molecule has 3 N–H and O–H groups in total. The summed E-state index contributed by atoms with van der Waals surface area (Å²) in [5.74, 6) is 0.542. The summed E-state index contributed by atoms with van der Waals surface area (Å²) in [7, 11) is 0. The number of aromatic amines is 1. The van der Waals surface area contributed by atoms with Gasteiger partial charge in [0.1, 0.15) is 0 Å². The van der Waals surface area contributed by atoms with E-state index in [-0.39, 0.29) is 0 Å². The highest BCUT2D eigenvalue weighted by Gasteiger charge is 2.01. The van der Waals surface area contributed by atoms with Gasteiger partial charge in [0.15, 0.2) is 0 Å². The summed E-state index contributed by atoms with van der Waals surface area (Å²) in [5, 5.41) is 1.07. The summed E-state index contributed by atoms with van der Waals surface area (Å²) in [5.41, 5.74) is 6.32. The van der Waals surface area contributed by atoms with Crippen LogP contribution in [-0.2, 0) is 0 Å². The van der Waals surface area contributed by atoms with Gasteiger partial charge in [-0.3, -0.25) is 0 Å². The van der Waals surface area contributed by atoms with Crippen molar-refractivity contribution in [2.45, 2.75) is 0 Å². The van der Waals surface area contributed by atoms with Crippen LogP contribution in [0.5, 0.6) is 0 Å². The van der Waals surface area contributed by atoms with Crippen molar-refractivity contribution in [3.05, 3.63) is 30.5 Å². The molecular formula is C8H8N3+. The molecule has 0 amide bonds. The van der Waals surface area contributed by atoms with Crippen LogP contribution in [0.2, 0.25) is 0 Å². The highest BCUT2D eigenvalue weighted by molar-refractivity contribution is 5.72. The molecule has 0 aliphatic heterocycles. The van der Waals surface area contributed by atoms with Gasteiger partial charge < -0.3 is 5.73 Å². The van der Waals surface area contributed by atoms with Crippen LogP contribution in [0.4, 0.5) is 5.82 Å². The SMILES string of the molecule is Nc1ccc2ccc[nH+]c2n1. The standard InChI is InChI=1S/C8H7N3/c9-7-4-3-6-2-1-5-10-8(6)11-7/h1-5H,(H2,9,10,11)/p+1. The minimum atomic E-state index is 0.542. The van der Waals surface area contributed by atoms with Crippen LogP contribution in [0.15, 0.2) is 30.5 Å². The summed E-state index contributed by atoms with van der Waals surface area (Å²) in [6.07, 6.45) is 1.83. The Kier molecular flexibility index (Phi) is 1.22. The Labute approximate surface area is 63.9 Å². The number of aromatic nitrogens is 2. The van der Waals surface area contributed by atoms with Crippen molar-refractivity contribution in [1.29, 1.82) is 0 Å². The van der Waals surface area contributed by atoms with E-state index in [1.807, 2.05) is 24.4 Å². The molecule has 3 nitrogen and oxygen atoms in total. The first-order valence-corrected chi connectivity index (χ1v) is 3.39. The number of nitrogens with zero attached hydrogens (tertiary/aromatic N) is 1. The van der Waals surface area contributed by atoms with Gasteiger partial charge in [-0.1, -0.05) is 0 Å². The first kappa shape index (κ1) is 6.09. The molecule has 0 saturated heterocycles. The van der Waals surface area contributed by atoms with E-state index in [4.69, 9.17) is 5.73 Å². The smallest absolute Gasteiger partial charge is 0.330 e. The molecule has 0 saturated carbocycles. The molecule has 0 aliphatic carbocycles. The number of nitrogens with one attached hydrogen (secondary N) is 1. The van der Waals surface area contributed by atoms with E-state index in [9.17, 15) is 0 Å². The zero-order valence-corrected chi connectivity index (χ0v) is 5.91. The zero-order valence-electron chi connectivity index (χ0n) is 5.91. The zero-order chi connectivity index (χ0) is 7.68. The van der Waals surface area contributed by atoms with Gasteiger partial charge in [0.2, 0.25) is 5.82 Å². The number of pyridine rings is 2. The van der Waals surface area contributed by atoms with Crippen molar-refractivity contribution in [1.82, 2.24) is 4.98 Å². The average molecular weight is 146 g/mol. The van der Waals surface area contributed by atoms with E-state index in [2.05, 4.69) is 9.97 Å². The molecule has 0 atom stereocenters. The van der Waals surface area contributed by atoms with Gasteiger partial charge in [-0.2, -0.15) is 0 Å². The molecule has 2 aromatic rings. The van der Waals surface area contributed by atoms with Gasteiger partial charge in [-0.25, -0.2) is 4.98 Å². The molecule has 2 aromatic heterocycles. The molecule has 54 valence electrons. The van der Waals surface area contributed by atoms with Crippen molar-refractivity contribution in [3.63, 3.8) is 0 Å². The van der Waals surface area contributed by atoms with Gasteiger partial charge in [-0.05, 0) is 23.2 Å². The van der Waals surface area contributed by atoms with Crippen molar-refractivity contribution in [3.8, 4) is 0 Å². The van der Waals surface area contributed by atoms with E-state index >= 15 is 0 Å². The summed E-state index contributed by atoms with van der Waals surface area (Å²) >= 11 is 0. The Balaban J connectivity index is 2.83. The minimum absolute atomic E-state index is 0.542. The van der Waals surface area contributed by atoms with Crippen LogP contribution in [0, 0.1) is 0 Å². The minimum Gasteiger partial charge on any atom is -0.363 e. The second-order valence-corrected chi connectivity index (χ2v) is 2.34. The fourth-order valence-electron chi connectivity index (χ4n) is 1.01. The Morgan fingerprint density at radius 2 is 2.18 bits per heavy atom. The maximum atomic E-state index is 5.49. The van der Waals surface area contributed by atoms with Crippen molar-refractivity contribution in [2.24, 2.45) is 0 Å². The molecule has 3 heteroatoms. The maximum absolute atomic E-state index is 5.49. The van der Waals surface area contributed by atoms with E-state index in [1.165, 1.54) is 0 Å². The first-order valence-electron chi connectivity index (χ1n) is 3.39. The lowest BCUT2D eigenvalue weighted by atomic mass is 10.3. The largest absolute Gasteiger partial charge is 0.363 e. The van der Waals surface area contributed by atoms with Crippen LogP contribution in [0.3, 0.4) is 0 Å². The van der Waals surface area contributed by atoms with E-state index in [0.29, 0.717) is 5.82 Å². The third kappa shape index (κ3) is 1.00. The third-order valence-electron chi connectivity index (χ3n) is 1.54. The summed E-state index contributed by atoms with van der Waals surface area (Å²) in [4.78, 5) is 7.10. The molecule has 2 rings (SSSR count). The lowest BCUT2D eigenvalue weighted by molar-refractivity contribution is -0.347. The van der Waals surface area contributed by atoms with E-state index in [0.717, 1.165) is 11.0 Å². The second-order valence-electron chi connectivity index (χ2n) is 2.34. The van der Waals surface area contributed by atoms with Crippen LogP contribution in [0.25, 0.3) is 11.0 Å².